The Balaban J connectivity index is 1.81. The van der Waals surface area contributed by atoms with E-state index in [0.29, 0.717) is 26.1 Å². The maximum absolute atomic E-state index is 12.0. The van der Waals surface area contributed by atoms with Gasteiger partial charge in [-0.25, -0.2) is 9.78 Å². The van der Waals surface area contributed by atoms with Crippen LogP contribution in [0.25, 0.3) is 0 Å². The third kappa shape index (κ3) is 3.69. The second-order valence-corrected chi connectivity index (χ2v) is 6.01. The Bertz CT molecular complexity index is 463. The highest BCUT2D eigenvalue weighted by Crippen LogP contribution is 2.18. The first-order valence-electron chi connectivity index (χ1n) is 6.73. The number of carbonyl (C=O) groups is 2. The number of rotatable bonds is 4. The second kappa shape index (κ2) is 6.69. The third-order valence-electron chi connectivity index (χ3n) is 3.49. The highest BCUT2D eigenvalue weighted by Gasteiger charge is 2.28. The molecule has 1 aromatic rings. The van der Waals surface area contributed by atoms with E-state index in [-0.39, 0.29) is 11.9 Å². The van der Waals surface area contributed by atoms with Crippen LogP contribution < -0.4 is 5.32 Å². The maximum Gasteiger partial charge on any atom is 0.317 e. The van der Waals surface area contributed by atoms with Crippen molar-refractivity contribution in [3.05, 3.63) is 16.6 Å². The van der Waals surface area contributed by atoms with Crippen LogP contribution in [-0.4, -0.2) is 46.6 Å². The van der Waals surface area contributed by atoms with E-state index in [2.05, 4.69) is 10.3 Å². The Morgan fingerprint density at radius 1 is 1.65 bits per heavy atom. The predicted molar refractivity (Wildman–Crippen MR) is 75.9 cm³/mol. The van der Waals surface area contributed by atoms with Crippen LogP contribution in [0.3, 0.4) is 0 Å². The van der Waals surface area contributed by atoms with Gasteiger partial charge in [0, 0.05) is 37.1 Å². The van der Waals surface area contributed by atoms with Gasteiger partial charge in [-0.3, -0.25) is 4.79 Å². The zero-order chi connectivity index (χ0) is 14.5. The standard InChI is InChI=1S/C13H19N3O3S/c1-9(11-14-4-6-20-11)7-15-13(19)16-5-2-3-10(8-16)12(17)18/h4,6,9-10H,2-3,5,7-8H2,1H3,(H,15,19)(H,17,18)/t9?,10-/m1/s1. The van der Waals surface area contributed by atoms with Crippen molar-refractivity contribution in [2.24, 2.45) is 5.92 Å². The van der Waals surface area contributed by atoms with Gasteiger partial charge in [-0.15, -0.1) is 11.3 Å². The molecule has 2 heterocycles. The summed E-state index contributed by atoms with van der Waals surface area (Å²) in [5, 5.41) is 14.8. The predicted octanol–water partition coefficient (Wildman–Crippen LogP) is 1.75. The van der Waals surface area contributed by atoms with Crippen LogP contribution >= 0.6 is 11.3 Å². The number of thiazole rings is 1. The number of amides is 2. The van der Waals surface area contributed by atoms with Gasteiger partial charge in [-0.05, 0) is 12.8 Å². The number of nitrogens with one attached hydrogen (secondary N) is 1. The lowest BCUT2D eigenvalue weighted by Crippen LogP contribution is -2.47. The Labute approximate surface area is 121 Å². The van der Waals surface area contributed by atoms with Gasteiger partial charge in [0.2, 0.25) is 0 Å². The first-order chi connectivity index (χ1) is 9.58. The second-order valence-electron chi connectivity index (χ2n) is 5.08. The van der Waals surface area contributed by atoms with Crippen molar-refractivity contribution in [2.45, 2.75) is 25.7 Å². The molecule has 0 bridgehead atoms. The molecule has 6 nitrogen and oxygen atoms in total. The quantitative estimate of drug-likeness (QED) is 0.887. The average Bonchev–Trinajstić information content (AvgIpc) is 2.98. The molecule has 2 rings (SSSR count). The van der Waals surface area contributed by atoms with Crippen LogP contribution in [0.2, 0.25) is 0 Å². The molecule has 2 N–H and O–H groups in total. The summed E-state index contributed by atoms with van der Waals surface area (Å²) in [6.07, 6.45) is 3.14. The minimum absolute atomic E-state index is 0.166. The summed E-state index contributed by atoms with van der Waals surface area (Å²) < 4.78 is 0. The van der Waals surface area contributed by atoms with Gasteiger partial charge in [0.15, 0.2) is 0 Å². The molecule has 110 valence electrons. The molecule has 0 spiro atoms. The van der Waals surface area contributed by atoms with Gasteiger partial charge in [0.25, 0.3) is 0 Å². The molecule has 0 saturated carbocycles. The number of hydrogen-bond acceptors (Lipinski definition) is 4. The largest absolute Gasteiger partial charge is 0.481 e. The lowest BCUT2D eigenvalue weighted by molar-refractivity contribution is -0.143. The number of carbonyl (C=O) groups excluding carboxylic acids is 1. The van der Waals surface area contributed by atoms with Crippen LogP contribution in [0.4, 0.5) is 4.79 Å². The van der Waals surface area contributed by atoms with Gasteiger partial charge < -0.3 is 15.3 Å². The number of carboxylic acids is 1. The summed E-state index contributed by atoms with van der Waals surface area (Å²) in [7, 11) is 0. The summed E-state index contributed by atoms with van der Waals surface area (Å²) in [6, 6.07) is -0.181. The lowest BCUT2D eigenvalue weighted by Gasteiger charge is -2.31. The van der Waals surface area contributed by atoms with Crippen molar-refractivity contribution in [2.75, 3.05) is 19.6 Å². The van der Waals surface area contributed by atoms with Crippen LogP contribution in [-0.2, 0) is 4.79 Å². The molecule has 2 atom stereocenters. The number of aromatic nitrogens is 1. The molecule has 1 fully saturated rings. The van der Waals surface area contributed by atoms with E-state index in [9.17, 15) is 9.59 Å². The minimum atomic E-state index is -0.821. The van der Waals surface area contributed by atoms with Gasteiger partial charge in [-0.2, -0.15) is 0 Å². The van der Waals surface area contributed by atoms with E-state index < -0.39 is 11.9 Å². The molecule has 0 aromatic carbocycles. The van der Waals surface area contributed by atoms with Crippen LogP contribution in [0.15, 0.2) is 11.6 Å². The Hall–Kier alpha value is -1.63. The lowest BCUT2D eigenvalue weighted by atomic mass is 9.99. The summed E-state index contributed by atoms with van der Waals surface area (Å²) in [5.41, 5.74) is 0. The van der Waals surface area contributed by atoms with Crippen molar-refractivity contribution >= 4 is 23.3 Å². The smallest absolute Gasteiger partial charge is 0.317 e. The van der Waals surface area contributed by atoms with Crippen molar-refractivity contribution < 1.29 is 14.7 Å². The topological polar surface area (TPSA) is 82.5 Å². The highest BCUT2D eigenvalue weighted by molar-refractivity contribution is 7.09. The fraction of sp³-hybridized carbons (Fsp3) is 0.615. The zero-order valence-electron chi connectivity index (χ0n) is 11.4. The van der Waals surface area contributed by atoms with E-state index in [4.69, 9.17) is 5.11 Å². The average molecular weight is 297 g/mol. The van der Waals surface area contributed by atoms with Gasteiger partial charge >= 0.3 is 12.0 Å². The Morgan fingerprint density at radius 2 is 2.45 bits per heavy atom. The number of aliphatic carboxylic acids is 1. The number of carboxylic acid groups (broad SMARTS) is 1. The summed E-state index contributed by atoms with van der Waals surface area (Å²) in [5.74, 6) is -1.09. The molecule has 7 heteroatoms. The van der Waals surface area contributed by atoms with Gasteiger partial charge in [0.1, 0.15) is 0 Å². The molecule has 1 aliphatic rings. The Morgan fingerprint density at radius 3 is 3.10 bits per heavy atom. The number of hydrogen-bond donors (Lipinski definition) is 2. The third-order valence-corrected chi connectivity index (χ3v) is 4.50. The van der Waals surface area contributed by atoms with Crippen LogP contribution in [0, 0.1) is 5.92 Å². The van der Waals surface area contributed by atoms with E-state index in [0.717, 1.165) is 11.4 Å². The van der Waals surface area contributed by atoms with Crippen LogP contribution in [0.1, 0.15) is 30.7 Å². The number of piperidine rings is 1. The van der Waals surface area contributed by atoms with Crippen LogP contribution in [0.5, 0.6) is 0 Å². The SMILES string of the molecule is CC(CNC(=O)N1CCC[C@@H](C(=O)O)C1)c1nccs1. The number of urea groups is 1. The molecule has 2 amide bonds. The fourth-order valence-electron chi connectivity index (χ4n) is 2.28. The number of likely N-dealkylation sites (tertiary alicyclic amines) is 1. The van der Waals surface area contributed by atoms with E-state index >= 15 is 0 Å². The molecule has 0 radical (unpaired) electrons. The molecule has 1 aliphatic heterocycles. The van der Waals surface area contributed by atoms with Gasteiger partial charge in [0.05, 0.1) is 10.9 Å². The molecule has 1 saturated heterocycles. The summed E-state index contributed by atoms with van der Waals surface area (Å²) >= 11 is 1.57. The van der Waals surface area contributed by atoms with E-state index in [1.54, 1.807) is 22.4 Å². The first-order valence-corrected chi connectivity index (χ1v) is 7.61. The minimum Gasteiger partial charge on any atom is -0.481 e. The highest BCUT2D eigenvalue weighted by atomic mass is 32.1. The molecule has 1 aromatic heterocycles. The molecule has 0 aliphatic carbocycles. The summed E-state index contributed by atoms with van der Waals surface area (Å²) in [6.45, 7) is 3.45. The van der Waals surface area contributed by atoms with Gasteiger partial charge in [-0.1, -0.05) is 6.92 Å². The van der Waals surface area contributed by atoms with E-state index in [1.165, 1.54) is 0 Å². The Kier molecular flexibility index (Phi) is 4.94. The molecule has 20 heavy (non-hydrogen) atoms. The molecule has 1 unspecified atom stereocenters. The maximum atomic E-state index is 12.0. The number of nitrogens with zero attached hydrogens (tertiary/aromatic N) is 2. The van der Waals surface area contributed by atoms with E-state index in [1.807, 2.05) is 12.3 Å². The molecular weight excluding hydrogens is 278 g/mol. The molecular formula is C13H19N3O3S. The zero-order valence-corrected chi connectivity index (χ0v) is 12.2. The monoisotopic (exact) mass is 297 g/mol. The van der Waals surface area contributed by atoms with Crippen molar-refractivity contribution in [3.63, 3.8) is 0 Å². The fourth-order valence-corrected chi connectivity index (χ4v) is 2.98. The van der Waals surface area contributed by atoms with Crippen molar-refractivity contribution in [1.29, 1.82) is 0 Å². The normalized spacial score (nSPS) is 20.4. The van der Waals surface area contributed by atoms with Crippen molar-refractivity contribution in [1.82, 2.24) is 15.2 Å². The van der Waals surface area contributed by atoms with Crippen molar-refractivity contribution in [3.8, 4) is 0 Å². The first kappa shape index (κ1) is 14.8. The summed E-state index contributed by atoms with van der Waals surface area (Å²) in [4.78, 5) is 28.8.